The largest absolute Gasteiger partial charge is 0.356 e. The van der Waals surface area contributed by atoms with Crippen molar-refractivity contribution < 1.29 is 0 Å². The number of nitrogens with one attached hydrogen (secondary N) is 2. The Morgan fingerprint density at radius 2 is 2.00 bits per heavy atom. The van der Waals surface area contributed by atoms with Gasteiger partial charge in [-0.1, -0.05) is 33.1 Å². The lowest BCUT2D eigenvalue weighted by Crippen LogP contribution is -2.44. The minimum Gasteiger partial charge on any atom is -0.356 e. The smallest absolute Gasteiger partial charge is 0.191 e. The topological polar surface area (TPSA) is 54.2 Å². The van der Waals surface area contributed by atoms with Gasteiger partial charge in [0.1, 0.15) is 0 Å². The molecule has 5 heteroatoms. The lowest BCUT2D eigenvalue weighted by atomic mass is 9.99. The number of aromatic nitrogens is 2. The van der Waals surface area contributed by atoms with Crippen LogP contribution in [-0.2, 0) is 13.5 Å². The van der Waals surface area contributed by atoms with Crippen LogP contribution in [-0.4, -0.2) is 35.4 Å². The van der Waals surface area contributed by atoms with Crippen molar-refractivity contribution in [2.45, 2.75) is 72.8 Å². The van der Waals surface area contributed by atoms with E-state index >= 15 is 0 Å². The van der Waals surface area contributed by atoms with Crippen molar-refractivity contribution in [2.24, 2.45) is 18.0 Å². The van der Waals surface area contributed by atoms with E-state index < -0.39 is 0 Å². The molecular formula is C19H37N5. The van der Waals surface area contributed by atoms with Crippen molar-refractivity contribution in [3.05, 3.63) is 17.0 Å². The molecule has 0 aliphatic rings. The fourth-order valence-corrected chi connectivity index (χ4v) is 3.08. The SMILES string of the molecule is CCCCC(CC)CNC(=NC)NC(C)Cc1c(C)nn(C)c1C. The number of hydrogen-bond donors (Lipinski definition) is 2. The van der Waals surface area contributed by atoms with Crippen molar-refractivity contribution in [3.8, 4) is 0 Å². The number of aliphatic imine (C=N–C) groups is 1. The van der Waals surface area contributed by atoms with Crippen LogP contribution in [0.4, 0.5) is 0 Å². The third-order valence-corrected chi connectivity index (χ3v) is 4.88. The van der Waals surface area contributed by atoms with Gasteiger partial charge in [-0.25, -0.2) is 0 Å². The average molecular weight is 336 g/mol. The highest BCUT2D eigenvalue weighted by Gasteiger charge is 2.14. The molecule has 0 aliphatic carbocycles. The molecule has 0 aromatic carbocycles. The van der Waals surface area contributed by atoms with E-state index in [0.29, 0.717) is 6.04 Å². The molecule has 0 aliphatic heterocycles. The maximum absolute atomic E-state index is 4.51. The highest BCUT2D eigenvalue weighted by molar-refractivity contribution is 5.79. The second kappa shape index (κ2) is 10.4. The molecule has 2 unspecified atom stereocenters. The van der Waals surface area contributed by atoms with Crippen molar-refractivity contribution in [1.29, 1.82) is 0 Å². The lowest BCUT2D eigenvalue weighted by Gasteiger charge is -2.21. The first-order valence-corrected chi connectivity index (χ1v) is 9.39. The highest BCUT2D eigenvalue weighted by atomic mass is 15.3. The molecule has 0 saturated heterocycles. The molecule has 5 nitrogen and oxygen atoms in total. The summed E-state index contributed by atoms with van der Waals surface area (Å²) in [4.78, 5) is 4.38. The molecule has 0 saturated carbocycles. The van der Waals surface area contributed by atoms with Gasteiger partial charge in [-0.2, -0.15) is 5.10 Å². The van der Waals surface area contributed by atoms with Crippen LogP contribution in [0.2, 0.25) is 0 Å². The van der Waals surface area contributed by atoms with Crippen molar-refractivity contribution >= 4 is 5.96 Å². The van der Waals surface area contributed by atoms with Gasteiger partial charge in [-0.05, 0) is 45.1 Å². The Labute approximate surface area is 148 Å². The number of rotatable bonds is 9. The zero-order valence-electron chi connectivity index (χ0n) is 16.7. The summed E-state index contributed by atoms with van der Waals surface area (Å²) >= 11 is 0. The average Bonchev–Trinajstić information content (AvgIpc) is 2.80. The summed E-state index contributed by atoms with van der Waals surface area (Å²) in [5, 5.41) is 11.5. The minimum atomic E-state index is 0.313. The summed E-state index contributed by atoms with van der Waals surface area (Å²) < 4.78 is 1.96. The first kappa shape index (κ1) is 20.5. The van der Waals surface area contributed by atoms with E-state index in [2.05, 4.69) is 55.3 Å². The third-order valence-electron chi connectivity index (χ3n) is 4.88. The first-order valence-electron chi connectivity index (χ1n) is 9.39. The summed E-state index contributed by atoms with van der Waals surface area (Å²) in [6, 6.07) is 0.313. The van der Waals surface area contributed by atoms with Gasteiger partial charge in [-0.15, -0.1) is 0 Å². The minimum absolute atomic E-state index is 0.313. The van der Waals surface area contributed by atoms with Crippen molar-refractivity contribution in [2.75, 3.05) is 13.6 Å². The maximum atomic E-state index is 4.51. The highest BCUT2D eigenvalue weighted by Crippen LogP contribution is 2.14. The quantitative estimate of drug-likeness (QED) is 0.537. The molecule has 138 valence electrons. The van der Waals surface area contributed by atoms with Crippen molar-refractivity contribution in [1.82, 2.24) is 20.4 Å². The number of hydrogen-bond acceptors (Lipinski definition) is 2. The van der Waals surface area contributed by atoms with Crippen molar-refractivity contribution in [3.63, 3.8) is 0 Å². The molecule has 0 amide bonds. The van der Waals surface area contributed by atoms with E-state index in [1.54, 1.807) is 0 Å². The monoisotopic (exact) mass is 335 g/mol. The lowest BCUT2D eigenvalue weighted by molar-refractivity contribution is 0.442. The van der Waals surface area contributed by atoms with Gasteiger partial charge in [0.25, 0.3) is 0 Å². The van der Waals surface area contributed by atoms with Crippen LogP contribution in [0, 0.1) is 19.8 Å². The van der Waals surface area contributed by atoms with Gasteiger partial charge in [0.2, 0.25) is 0 Å². The zero-order valence-corrected chi connectivity index (χ0v) is 16.7. The van der Waals surface area contributed by atoms with Crippen LogP contribution in [0.15, 0.2) is 4.99 Å². The summed E-state index contributed by atoms with van der Waals surface area (Å²) in [6.45, 7) is 11.9. The predicted octanol–water partition coefficient (Wildman–Crippen LogP) is 3.35. The zero-order chi connectivity index (χ0) is 18.1. The number of guanidine groups is 1. The van der Waals surface area contributed by atoms with E-state index in [4.69, 9.17) is 0 Å². The Balaban J connectivity index is 2.52. The molecule has 2 N–H and O–H groups in total. The summed E-state index contributed by atoms with van der Waals surface area (Å²) in [6.07, 6.45) is 6.04. The molecule has 0 bridgehead atoms. The standard InChI is InChI=1S/C19H37N5/c1-8-10-11-17(9-2)13-21-19(20-6)22-14(3)12-18-15(4)23-24(7)16(18)5/h14,17H,8-13H2,1-7H3,(H2,20,21,22). The predicted molar refractivity (Wildman–Crippen MR) is 104 cm³/mol. The molecule has 1 aromatic rings. The normalized spacial score (nSPS) is 14.5. The fourth-order valence-electron chi connectivity index (χ4n) is 3.08. The Kier molecular flexibility index (Phi) is 8.87. The molecule has 1 rings (SSSR count). The van der Waals surface area contributed by atoms with E-state index in [1.807, 2.05) is 18.8 Å². The Bertz CT molecular complexity index is 518. The van der Waals surface area contributed by atoms with Gasteiger partial charge >= 0.3 is 0 Å². The molecule has 0 spiro atoms. The maximum Gasteiger partial charge on any atom is 0.191 e. The third kappa shape index (κ3) is 6.17. The Morgan fingerprint density at radius 3 is 2.50 bits per heavy atom. The van der Waals surface area contributed by atoms with Crippen LogP contribution in [0.1, 0.15) is 63.4 Å². The van der Waals surface area contributed by atoms with Crippen LogP contribution >= 0.6 is 0 Å². The first-order chi connectivity index (χ1) is 11.4. The summed E-state index contributed by atoms with van der Waals surface area (Å²) in [7, 11) is 3.85. The summed E-state index contributed by atoms with van der Waals surface area (Å²) in [5.41, 5.74) is 3.70. The Hall–Kier alpha value is -1.52. The van der Waals surface area contributed by atoms with Crippen LogP contribution < -0.4 is 10.6 Å². The number of unbranched alkanes of at least 4 members (excludes halogenated alkanes) is 1. The van der Waals surface area contributed by atoms with Gasteiger partial charge in [0.05, 0.1) is 5.69 Å². The number of nitrogens with zero attached hydrogens (tertiary/aromatic N) is 3. The molecule has 0 radical (unpaired) electrons. The van der Waals surface area contributed by atoms with Crippen LogP contribution in [0.3, 0.4) is 0 Å². The molecule has 0 fully saturated rings. The van der Waals surface area contributed by atoms with E-state index in [0.717, 1.165) is 30.5 Å². The van der Waals surface area contributed by atoms with E-state index in [-0.39, 0.29) is 0 Å². The van der Waals surface area contributed by atoms with E-state index in [1.165, 1.54) is 36.9 Å². The molecule has 1 heterocycles. The van der Waals surface area contributed by atoms with Gasteiger partial charge in [-0.3, -0.25) is 9.67 Å². The molecule has 24 heavy (non-hydrogen) atoms. The van der Waals surface area contributed by atoms with Crippen LogP contribution in [0.5, 0.6) is 0 Å². The van der Waals surface area contributed by atoms with Crippen LogP contribution in [0.25, 0.3) is 0 Å². The van der Waals surface area contributed by atoms with Gasteiger partial charge in [0.15, 0.2) is 5.96 Å². The van der Waals surface area contributed by atoms with Gasteiger partial charge in [0, 0.05) is 32.4 Å². The van der Waals surface area contributed by atoms with E-state index in [9.17, 15) is 0 Å². The molecular weight excluding hydrogens is 298 g/mol. The summed E-state index contributed by atoms with van der Waals surface area (Å²) in [5.74, 6) is 1.62. The second-order valence-corrected chi connectivity index (χ2v) is 6.89. The fraction of sp³-hybridized carbons (Fsp3) is 0.789. The Morgan fingerprint density at radius 1 is 1.29 bits per heavy atom. The van der Waals surface area contributed by atoms with Gasteiger partial charge < -0.3 is 10.6 Å². The molecule has 2 atom stereocenters. The molecule has 1 aromatic heterocycles. The number of aryl methyl sites for hydroxylation is 2. The second-order valence-electron chi connectivity index (χ2n) is 6.89.